The molecule has 0 fully saturated rings. The molecule has 11 aromatic rings. The van der Waals surface area contributed by atoms with Crippen molar-refractivity contribution in [1.29, 1.82) is 0 Å². The van der Waals surface area contributed by atoms with E-state index in [-0.39, 0.29) is 0 Å². The van der Waals surface area contributed by atoms with Gasteiger partial charge in [0.15, 0.2) is 11.2 Å². The number of aromatic nitrogens is 2. The van der Waals surface area contributed by atoms with Crippen LogP contribution in [0, 0.1) is 0 Å². The molecule has 0 amide bonds. The maximum absolute atomic E-state index is 7.22. The van der Waals surface area contributed by atoms with Gasteiger partial charge in [-0.15, -0.1) is 0 Å². The average molecular weight is 825 g/mol. The fraction of sp³-hybridized carbons (Fsp3) is 0. The van der Waals surface area contributed by atoms with E-state index in [0.717, 1.165) is 79.4 Å². The number of para-hydroxylation sites is 10. The lowest BCUT2D eigenvalue weighted by molar-refractivity contribution is 0.618. The van der Waals surface area contributed by atoms with Crippen LogP contribution in [0.2, 0.25) is 0 Å². The van der Waals surface area contributed by atoms with E-state index in [9.17, 15) is 0 Å². The van der Waals surface area contributed by atoms with Crippen LogP contribution in [0.25, 0.3) is 45.1 Å². The zero-order chi connectivity index (χ0) is 42.1. The number of rotatable bonds is 6. The van der Waals surface area contributed by atoms with Crippen molar-refractivity contribution in [2.45, 2.75) is 0 Å². The molecule has 2 aromatic heterocycles. The van der Waals surface area contributed by atoms with Crippen LogP contribution in [0.4, 0.5) is 68.2 Å². The first-order valence-corrected chi connectivity index (χ1v) is 21.3. The van der Waals surface area contributed by atoms with Crippen LogP contribution < -0.4 is 19.6 Å². The lowest BCUT2D eigenvalue weighted by Crippen LogP contribution is -2.25. The van der Waals surface area contributed by atoms with E-state index in [4.69, 9.17) is 18.8 Å². The van der Waals surface area contributed by atoms with Crippen molar-refractivity contribution in [3.8, 4) is 22.9 Å². The minimum Gasteiger partial charge on any atom is -0.434 e. The van der Waals surface area contributed by atoms with Gasteiger partial charge >= 0.3 is 0 Å². The fourth-order valence-electron chi connectivity index (χ4n) is 9.40. The zero-order valence-electron chi connectivity index (χ0n) is 34.3. The molecular weight excluding hydrogens is 789 g/mol. The standard InChI is InChI=1S/C56H36N6O2/c1-5-21-37(22-6-1)55-57-49-51(61-45-33-17-13-29-41(45)59(39-25-9-3-10-26-39)42-30-14-18-34-46(42)61)54-50(58-56(64-54)38-23-7-2-8-24-38)52(53(49)63-55)62-47-35-19-15-31-43(47)60(40-27-11-4-12-28-40)44-32-16-20-36-48(44)62/h1-36H. The molecular formula is C56H36N6O2. The van der Waals surface area contributed by atoms with Crippen molar-refractivity contribution >= 4 is 90.4 Å². The molecule has 4 heterocycles. The Morgan fingerprint density at radius 3 is 0.812 bits per heavy atom. The third kappa shape index (κ3) is 5.42. The van der Waals surface area contributed by atoms with Gasteiger partial charge in [-0.1, -0.05) is 121 Å². The Kier molecular flexibility index (Phi) is 8.04. The number of benzene rings is 9. The topological polar surface area (TPSA) is 65.0 Å². The molecule has 302 valence electrons. The molecule has 0 saturated carbocycles. The van der Waals surface area contributed by atoms with Crippen LogP contribution in [0.5, 0.6) is 0 Å². The van der Waals surface area contributed by atoms with Crippen molar-refractivity contribution in [2.24, 2.45) is 0 Å². The molecule has 0 N–H and O–H groups in total. The summed E-state index contributed by atoms with van der Waals surface area (Å²) in [5.41, 5.74) is 15.5. The van der Waals surface area contributed by atoms with Gasteiger partial charge in [-0.3, -0.25) is 0 Å². The predicted octanol–water partition coefficient (Wildman–Crippen LogP) is 15.8. The number of hydrogen-bond acceptors (Lipinski definition) is 8. The maximum Gasteiger partial charge on any atom is 0.227 e. The lowest BCUT2D eigenvalue weighted by Gasteiger charge is -2.41. The molecule has 0 radical (unpaired) electrons. The van der Waals surface area contributed by atoms with E-state index < -0.39 is 0 Å². The summed E-state index contributed by atoms with van der Waals surface area (Å²) in [7, 11) is 0. The summed E-state index contributed by atoms with van der Waals surface area (Å²) in [4.78, 5) is 20.2. The molecule has 0 atom stereocenters. The minimum atomic E-state index is 0.489. The molecule has 0 aliphatic carbocycles. The fourth-order valence-corrected chi connectivity index (χ4v) is 9.40. The van der Waals surface area contributed by atoms with E-state index in [0.29, 0.717) is 34.0 Å². The maximum atomic E-state index is 7.22. The Bertz CT molecular complexity index is 3150. The zero-order valence-corrected chi connectivity index (χ0v) is 34.3. The van der Waals surface area contributed by atoms with Crippen molar-refractivity contribution in [2.75, 3.05) is 19.6 Å². The number of oxazole rings is 2. The summed E-state index contributed by atoms with van der Waals surface area (Å²) in [5, 5.41) is 0. The van der Waals surface area contributed by atoms with Gasteiger partial charge in [0.25, 0.3) is 0 Å². The SMILES string of the molecule is c1ccc(-c2nc3c(N4c5ccccc5N(c5ccccc5)c5ccccc54)c4oc(-c5ccccc5)nc4c(N4c5ccccc5N(c5ccccc5)c5ccccc54)c3o2)cc1. The second kappa shape index (κ2) is 14.4. The molecule has 9 aromatic carbocycles. The Labute approximate surface area is 368 Å². The highest BCUT2D eigenvalue weighted by Gasteiger charge is 2.39. The van der Waals surface area contributed by atoms with Gasteiger partial charge in [0.2, 0.25) is 11.8 Å². The van der Waals surface area contributed by atoms with Crippen molar-refractivity contribution in [3.63, 3.8) is 0 Å². The van der Waals surface area contributed by atoms with Crippen LogP contribution in [0.15, 0.2) is 227 Å². The first kappa shape index (κ1) is 35.8. The molecule has 8 nitrogen and oxygen atoms in total. The van der Waals surface area contributed by atoms with E-state index in [2.05, 4.69) is 165 Å². The van der Waals surface area contributed by atoms with Crippen LogP contribution >= 0.6 is 0 Å². The molecule has 0 spiro atoms. The van der Waals surface area contributed by atoms with Crippen LogP contribution in [-0.4, -0.2) is 9.97 Å². The number of anilines is 12. The average Bonchev–Trinajstić information content (AvgIpc) is 4.02. The number of fused-ring (bicyclic) bond motifs is 6. The molecule has 2 aliphatic rings. The van der Waals surface area contributed by atoms with E-state index in [1.807, 2.05) is 72.8 Å². The largest absolute Gasteiger partial charge is 0.434 e. The smallest absolute Gasteiger partial charge is 0.227 e. The molecule has 13 rings (SSSR count). The second-order valence-electron chi connectivity index (χ2n) is 15.8. The van der Waals surface area contributed by atoms with Gasteiger partial charge in [-0.05, 0) is 97.1 Å². The highest BCUT2D eigenvalue weighted by molar-refractivity contribution is 6.21. The van der Waals surface area contributed by atoms with Crippen molar-refractivity contribution < 1.29 is 8.83 Å². The lowest BCUT2D eigenvalue weighted by atomic mass is 10.0. The predicted molar refractivity (Wildman–Crippen MR) is 258 cm³/mol. The quantitative estimate of drug-likeness (QED) is 0.164. The number of nitrogens with zero attached hydrogens (tertiary/aromatic N) is 6. The first-order chi connectivity index (χ1) is 31.8. The van der Waals surface area contributed by atoms with Crippen LogP contribution in [0.3, 0.4) is 0 Å². The summed E-state index contributed by atoms with van der Waals surface area (Å²) in [6.45, 7) is 0. The van der Waals surface area contributed by atoms with E-state index >= 15 is 0 Å². The molecule has 64 heavy (non-hydrogen) atoms. The first-order valence-electron chi connectivity index (χ1n) is 21.3. The third-order valence-electron chi connectivity index (χ3n) is 12.1. The van der Waals surface area contributed by atoms with Gasteiger partial charge in [0.1, 0.15) is 22.4 Å². The Hall–Kier alpha value is -8.88. The molecule has 0 saturated heterocycles. The van der Waals surface area contributed by atoms with Crippen LogP contribution in [-0.2, 0) is 0 Å². The van der Waals surface area contributed by atoms with Crippen molar-refractivity contribution in [3.05, 3.63) is 218 Å². The summed E-state index contributed by atoms with van der Waals surface area (Å²) in [6, 6.07) is 75.2. The normalized spacial score (nSPS) is 12.9. The van der Waals surface area contributed by atoms with Gasteiger partial charge in [0, 0.05) is 22.5 Å². The van der Waals surface area contributed by atoms with Crippen LogP contribution in [0.1, 0.15) is 0 Å². The summed E-state index contributed by atoms with van der Waals surface area (Å²) < 4.78 is 14.4. The molecule has 2 aliphatic heterocycles. The highest BCUT2D eigenvalue weighted by Crippen LogP contribution is 2.61. The van der Waals surface area contributed by atoms with E-state index in [1.54, 1.807) is 0 Å². The Morgan fingerprint density at radius 1 is 0.266 bits per heavy atom. The third-order valence-corrected chi connectivity index (χ3v) is 12.1. The van der Waals surface area contributed by atoms with Crippen molar-refractivity contribution in [1.82, 2.24) is 9.97 Å². The van der Waals surface area contributed by atoms with Gasteiger partial charge in [0.05, 0.1) is 45.5 Å². The number of hydrogen-bond donors (Lipinski definition) is 0. The van der Waals surface area contributed by atoms with Gasteiger partial charge in [-0.25, -0.2) is 9.97 Å². The Balaban J connectivity index is 1.17. The molecule has 0 unspecified atom stereocenters. The Morgan fingerprint density at radius 2 is 0.516 bits per heavy atom. The monoisotopic (exact) mass is 824 g/mol. The highest BCUT2D eigenvalue weighted by atomic mass is 16.4. The second-order valence-corrected chi connectivity index (χ2v) is 15.8. The minimum absolute atomic E-state index is 0.489. The van der Waals surface area contributed by atoms with Gasteiger partial charge < -0.3 is 28.4 Å². The molecule has 0 bridgehead atoms. The molecule has 8 heteroatoms. The summed E-state index contributed by atoms with van der Waals surface area (Å²) >= 11 is 0. The summed E-state index contributed by atoms with van der Waals surface area (Å²) in [5.74, 6) is 0.978. The summed E-state index contributed by atoms with van der Waals surface area (Å²) in [6.07, 6.45) is 0. The van der Waals surface area contributed by atoms with Gasteiger partial charge in [-0.2, -0.15) is 0 Å². The van der Waals surface area contributed by atoms with E-state index in [1.165, 1.54) is 0 Å².